The van der Waals surface area contributed by atoms with Gasteiger partial charge in [0.1, 0.15) is 18.3 Å². The molecule has 0 saturated carbocycles. The lowest BCUT2D eigenvalue weighted by atomic mass is 9.97. The summed E-state index contributed by atoms with van der Waals surface area (Å²) in [7, 11) is 2.12. The molecule has 0 spiro atoms. The van der Waals surface area contributed by atoms with Gasteiger partial charge >= 0.3 is 5.97 Å². The van der Waals surface area contributed by atoms with E-state index in [-0.39, 0.29) is 6.10 Å². The summed E-state index contributed by atoms with van der Waals surface area (Å²) in [4.78, 5) is 16.6. The van der Waals surface area contributed by atoms with Crippen molar-refractivity contribution in [1.29, 1.82) is 0 Å². The average molecular weight is 377 g/mol. The van der Waals surface area contributed by atoms with Gasteiger partial charge in [0, 0.05) is 24.9 Å². The largest absolute Gasteiger partial charge is 0.460 e. The Hall–Kier alpha value is -1.25. The zero-order valence-electron chi connectivity index (χ0n) is 13.7. The summed E-state index contributed by atoms with van der Waals surface area (Å²) in [6.07, 6.45) is 1.97. The van der Waals surface area contributed by atoms with Gasteiger partial charge in [0.15, 0.2) is 0 Å². The normalized spacial score (nSPS) is 33.9. The second-order valence-corrected chi connectivity index (χ2v) is 8.92. The first-order valence-corrected chi connectivity index (χ1v) is 10.2. The molecule has 0 radical (unpaired) electrons. The molecular formula is C18H19NO4S2. The number of aliphatic hydroxyl groups is 1. The molecule has 5 heterocycles. The smallest absolute Gasteiger partial charge is 0.349 e. The molecule has 2 aromatic heterocycles. The zero-order chi connectivity index (χ0) is 17.2. The van der Waals surface area contributed by atoms with Gasteiger partial charge in [0.05, 0.1) is 9.75 Å². The third kappa shape index (κ3) is 2.34. The van der Waals surface area contributed by atoms with Gasteiger partial charge in [-0.05, 0) is 29.9 Å². The minimum atomic E-state index is -1.72. The molecule has 2 aromatic rings. The number of carbonyl (C=O) groups excluding carboxylic acids is 1. The number of morpholine rings is 1. The SMILES string of the molecule is CN1[C@@H]2C[C@@H](OC(=O)C(O)(c3cccs3)c3cccs3)C[C@H]1[C@@H]1O[C@@H]12. The fraction of sp³-hybridized carbons (Fsp3) is 0.500. The van der Waals surface area contributed by atoms with Crippen LogP contribution in [0.15, 0.2) is 35.0 Å². The predicted molar refractivity (Wildman–Crippen MR) is 94.8 cm³/mol. The van der Waals surface area contributed by atoms with Gasteiger partial charge in [-0.15, -0.1) is 22.7 Å². The Morgan fingerprint density at radius 3 is 2.24 bits per heavy atom. The maximum atomic E-state index is 13.0. The number of carbonyl (C=O) groups is 1. The average Bonchev–Trinajstić information content (AvgIpc) is 2.97. The van der Waals surface area contributed by atoms with E-state index in [0.717, 1.165) is 12.8 Å². The number of hydrogen-bond donors (Lipinski definition) is 1. The van der Waals surface area contributed by atoms with Crippen LogP contribution in [0.5, 0.6) is 0 Å². The summed E-state index contributed by atoms with van der Waals surface area (Å²) in [6.45, 7) is 0. The molecule has 3 aliphatic rings. The molecule has 1 N–H and O–H groups in total. The molecule has 5 nitrogen and oxygen atoms in total. The molecule has 0 aliphatic carbocycles. The van der Waals surface area contributed by atoms with E-state index in [2.05, 4.69) is 11.9 Å². The molecule has 7 heteroatoms. The summed E-state index contributed by atoms with van der Waals surface area (Å²) in [5, 5.41) is 15.0. The minimum absolute atomic E-state index is 0.165. The Morgan fingerprint density at radius 2 is 1.76 bits per heavy atom. The van der Waals surface area contributed by atoms with Crippen molar-refractivity contribution >= 4 is 28.6 Å². The van der Waals surface area contributed by atoms with Gasteiger partial charge in [-0.1, -0.05) is 12.1 Å². The summed E-state index contributed by atoms with van der Waals surface area (Å²) in [5.41, 5.74) is -1.72. The highest BCUT2D eigenvalue weighted by Gasteiger charge is 2.63. The van der Waals surface area contributed by atoms with Gasteiger partial charge < -0.3 is 14.6 Å². The number of esters is 1. The maximum absolute atomic E-state index is 13.0. The molecule has 25 heavy (non-hydrogen) atoms. The monoisotopic (exact) mass is 377 g/mol. The van der Waals surface area contributed by atoms with Crippen molar-refractivity contribution in [3.63, 3.8) is 0 Å². The Balaban J connectivity index is 1.39. The number of thiophene rings is 2. The number of likely N-dealkylation sites (N-methyl/N-ethyl adjacent to an activating group) is 1. The molecule has 132 valence electrons. The van der Waals surface area contributed by atoms with Crippen molar-refractivity contribution in [3.05, 3.63) is 44.8 Å². The highest BCUT2D eigenvalue weighted by molar-refractivity contribution is 7.12. The second-order valence-electron chi connectivity index (χ2n) is 7.03. The van der Waals surface area contributed by atoms with E-state index in [4.69, 9.17) is 9.47 Å². The zero-order valence-corrected chi connectivity index (χ0v) is 15.3. The van der Waals surface area contributed by atoms with Crippen molar-refractivity contribution in [2.24, 2.45) is 0 Å². The van der Waals surface area contributed by atoms with E-state index in [0.29, 0.717) is 34.0 Å². The maximum Gasteiger partial charge on any atom is 0.349 e. The second kappa shape index (κ2) is 5.62. The van der Waals surface area contributed by atoms with Gasteiger partial charge in [-0.3, -0.25) is 4.90 Å². The number of hydrogen-bond acceptors (Lipinski definition) is 7. The van der Waals surface area contributed by atoms with E-state index in [1.807, 2.05) is 22.9 Å². The topological polar surface area (TPSA) is 62.3 Å². The Kier molecular flexibility index (Phi) is 3.59. The number of fused-ring (bicyclic) bond motifs is 5. The molecule has 0 unspecified atom stereocenters. The van der Waals surface area contributed by atoms with Crippen LogP contribution >= 0.6 is 22.7 Å². The molecule has 3 saturated heterocycles. The third-order valence-corrected chi connectivity index (χ3v) is 7.66. The van der Waals surface area contributed by atoms with Crippen molar-refractivity contribution < 1.29 is 19.4 Å². The number of nitrogens with zero attached hydrogens (tertiary/aromatic N) is 1. The molecule has 5 atom stereocenters. The van der Waals surface area contributed by atoms with E-state index in [9.17, 15) is 9.90 Å². The summed E-state index contributed by atoms with van der Waals surface area (Å²) in [6, 6.07) is 7.88. The number of ether oxygens (including phenoxy) is 2. The molecule has 0 aromatic carbocycles. The summed E-state index contributed by atoms with van der Waals surface area (Å²) >= 11 is 2.73. The fourth-order valence-corrected chi connectivity index (χ4v) is 6.04. The molecule has 5 rings (SSSR count). The first kappa shape index (κ1) is 16.0. The lowest BCUT2D eigenvalue weighted by Gasteiger charge is -2.38. The lowest BCUT2D eigenvalue weighted by molar-refractivity contribution is -0.171. The third-order valence-electron chi connectivity index (χ3n) is 5.70. The minimum Gasteiger partial charge on any atom is -0.460 e. The number of piperidine rings is 1. The van der Waals surface area contributed by atoms with E-state index < -0.39 is 11.6 Å². The van der Waals surface area contributed by atoms with E-state index >= 15 is 0 Å². The Labute approximate surface area is 153 Å². The van der Waals surface area contributed by atoms with Crippen LogP contribution in [0.4, 0.5) is 0 Å². The molecule has 0 amide bonds. The number of rotatable bonds is 4. The van der Waals surface area contributed by atoms with Crippen LogP contribution in [0.3, 0.4) is 0 Å². The quantitative estimate of drug-likeness (QED) is 0.654. The Morgan fingerprint density at radius 1 is 1.20 bits per heavy atom. The van der Waals surface area contributed by atoms with Crippen molar-refractivity contribution in [3.8, 4) is 0 Å². The van der Waals surface area contributed by atoms with Crippen molar-refractivity contribution in [2.75, 3.05) is 7.05 Å². The predicted octanol–water partition coefficient (Wildman–Crippen LogP) is 2.20. The first-order valence-electron chi connectivity index (χ1n) is 8.48. The first-order chi connectivity index (χ1) is 12.1. The van der Waals surface area contributed by atoms with Crippen LogP contribution in [0.2, 0.25) is 0 Å². The summed E-state index contributed by atoms with van der Waals surface area (Å²) in [5.74, 6) is -0.569. The van der Waals surface area contributed by atoms with E-state index in [1.165, 1.54) is 22.7 Å². The van der Waals surface area contributed by atoms with Crippen LogP contribution in [0.25, 0.3) is 0 Å². The Bertz CT molecular complexity index is 723. The lowest BCUT2D eigenvalue weighted by Crippen LogP contribution is -2.49. The summed E-state index contributed by atoms with van der Waals surface area (Å²) < 4.78 is 11.5. The molecular weight excluding hydrogens is 358 g/mol. The van der Waals surface area contributed by atoms with Crippen LogP contribution in [0.1, 0.15) is 22.6 Å². The van der Waals surface area contributed by atoms with Crippen molar-refractivity contribution in [2.45, 2.75) is 48.8 Å². The van der Waals surface area contributed by atoms with Crippen LogP contribution in [-0.4, -0.2) is 53.4 Å². The van der Waals surface area contributed by atoms with E-state index in [1.54, 1.807) is 12.1 Å². The standard InChI is InChI=1S/C18H19NO4S2/c1-19-11-8-10(9-12(19)16-15(11)23-16)22-17(20)18(21,13-4-2-6-24-13)14-5-3-7-25-14/h2-7,10-12,15-16,21H,8-9H2,1H3/t10-,11-,12+,15-,16+. The molecule has 2 bridgehead atoms. The van der Waals surface area contributed by atoms with Gasteiger partial charge in [0.2, 0.25) is 5.60 Å². The van der Waals surface area contributed by atoms with Gasteiger partial charge in [0.25, 0.3) is 0 Å². The van der Waals surface area contributed by atoms with Crippen LogP contribution < -0.4 is 0 Å². The van der Waals surface area contributed by atoms with Crippen LogP contribution in [0, 0.1) is 0 Å². The van der Waals surface area contributed by atoms with Crippen molar-refractivity contribution in [1.82, 2.24) is 4.90 Å². The number of epoxide rings is 1. The molecule has 3 fully saturated rings. The molecule has 3 aliphatic heterocycles. The van der Waals surface area contributed by atoms with Gasteiger partial charge in [-0.2, -0.15) is 0 Å². The highest BCUT2D eigenvalue weighted by Crippen LogP contribution is 2.48. The van der Waals surface area contributed by atoms with Gasteiger partial charge in [-0.25, -0.2) is 4.79 Å². The fourth-order valence-electron chi connectivity index (χ4n) is 4.32. The van der Waals surface area contributed by atoms with Crippen LogP contribution in [-0.2, 0) is 19.9 Å². The highest BCUT2D eigenvalue weighted by atomic mass is 32.1.